The molecule has 0 spiro atoms. The average molecular weight is 315 g/mol. The lowest BCUT2D eigenvalue weighted by atomic mass is 10.2. The standard InChI is InChI=1S/C11H13F4NO3S/c1-7(17)4-5-16-9-3-2-8(12)6-10(9)20(18,19)11(13,14)15/h2-3,6-7,16-17H,4-5H2,1H3. The number of halogens is 4. The first-order valence-electron chi connectivity index (χ1n) is 5.58. The molecule has 0 radical (unpaired) electrons. The smallest absolute Gasteiger partial charge is 0.393 e. The van der Waals surface area contributed by atoms with Crippen molar-refractivity contribution in [1.82, 2.24) is 0 Å². The molecule has 0 aliphatic carbocycles. The molecule has 0 aliphatic heterocycles. The Labute approximate surface area is 113 Å². The Morgan fingerprint density at radius 3 is 2.45 bits per heavy atom. The van der Waals surface area contributed by atoms with Gasteiger partial charge in [0.25, 0.3) is 9.84 Å². The summed E-state index contributed by atoms with van der Waals surface area (Å²) in [6.07, 6.45) is -0.506. The van der Waals surface area contributed by atoms with E-state index >= 15 is 0 Å². The lowest BCUT2D eigenvalue weighted by molar-refractivity contribution is -0.0435. The normalized spacial score (nSPS) is 14.1. The first kappa shape index (κ1) is 16.7. The topological polar surface area (TPSA) is 66.4 Å². The Hall–Kier alpha value is -1.35. The summed E-state index contributed by atoms with van der Waals surface area (Å²) in [6.45, 7) is 1.52. The molecule has 1 rings (SSSR count). The van der Waals surface area contributed by atoms with Crippen LogP contribution in [0.3, 0.4) is 0 Å². The minimum Gasteiger partial charge on any atom is -0.393 e. The van der Waals surface area contributed by atoms with Crippen LogP contribution in [0.2, 0.25) is 0 Å². The highest BCUT2D eigenvalue weighted by Gasteiger charge is 2.48. The van der Waals surface area contributed by atoms with Crippen molar-refractivity contribution in [3.05, 3.63) is 24.0 Å². The molecule has 0 heterocycles. The highest BCUT2D eigenvalue weighted by molar-refractivity contribution is 7.92. The molecule has 114 valence electrons. The molecule has 20 heavy (non-hydrogen) atoms. The Morgan fingerprint density at radius 1 is 1.35 bits per heavy atom. The second-order valence-corrected chi connectivity index (χ2v) is 6.06. The maximum Gasteiger partial charge on any atom is 0.501 e. The van der Waals surface area contributed by atoms with Gasteiger partial charge in [-0.05, 0) is 31.5 Å². The summed E-state index contributed by atoms with van der Waals surface area (Å²) in [5, 5.41) is 11.5. The molecule has 1 unspecified atom stereocenters. The fourth-order valence-corrected chi connectivity index (χ4v) is 2.35. The zero-order valence-electron chi connectivity index (χ0n) is 10.4. The van der Waals surface area contributed by atoms with Crippen molar-refractivity contribution >= 4 is 15.5 Å². The van der Waals surface area contributed by atoms with Crippen molar-refractivity contribution in [2.45, 2.75) is 29.9 Å². The van der Waals surface area contributed by atoms with E-state index in [2.05, 4.69) is 5.32 Å². The van der Waals surface area contributed by atoms with Crippen LogP contribution < -0.4 is 5.32 Å². The minimum atomic E-state index is -5.65. The summed E-state index contributed by atoms with van der Waals surface area (Å²) in [5.41, 5.74) is -5.87. The number of nitrogens with one attached hydrogen (secondary N) is 1. The van der Waals surface area contributed by atoms with Gasteiger partial charge >= 0.3 is 5.51 Å². The number of sulfone groups is 1. The SMILES string of the molecule is CC(O)CCNc1ccc(F)cc1S(=O)(=O)C(F)(F)F. The van der Waals surface area contributed by atoms with Crippen LogP contribution in [-0.2, 0) is 9.84 Å². The molecule has 0 saturated carbocycles. The van der Waals surface area contributed by atoms with Gasteiger partial charge in [0.05, 0.1) is 11.8 Å². The summed E-state index contributed by atoms with van der Waals surface area (Å²) < 4.78 is 73.2. The zero-order valence-corrected chi connectivity index (χ0v) is 11.2. The number of hydrogen-bond donors (Lipinski definition) is 2. The molecule has 9 heteroatoms. The summed E-state index contributed by atoms with van der Waals surface area (Å²) in [5.74, 6) is -1.09. The third kappa shape index (κ3) is 3.83. The molecule has 0 amide bonds. The van der Waals surface area contributed by atoms with E-state index in [9.17, 15) is 26.0 Å². The molecule has 1 aromatic rings. The van der Waals surface area contributed by atoms with Crippen molar-refractivity contribution in [3.8, 4) is 0 Å². The second-order valence-electron chi connectivity index (χ2n) is 4.15. The Kier molecular flexibility index (Phi) is 4.98. The van der Waals surface area contributed by atoms with Gasteiger partial charge in [0.1, 0.15) is 10.7 Å². The molecule has 0 saturated heterocycles. The molecule has 0 bridgehead atoms. The van der Waals surface area contributed by atoms with E-state index in [1.54, 1.807) is 0 Å². The quantitative estimate of drug-likeness (QED) is 0.818. The first-order valence-corrected chi connectivity index (χ1v) is 7.07. The van der Waals surface area contributed by atoms with E-state index in [1.807, 2.05) is 0 Å². The summed E-state index contributed by atoms with van der Waals surface area (Å²) in [6, 6.07) is 2.07. The van der Waals surface area contributed by atoms with Gasteiger partial charge in [-0.15, -0.1) is 0 Å². The highest BCUT2D eigenvalue weighted by Crippen LogP contribution is 2.34. The summed E-state index contributed by atoms with van der Waals surface area (Å²) >= 11 is 0. The van der Waals surface area contributed by atoms with Gasteiger partial charge in [-0.25, -0.2) is 12.8 Å². The number of anilines is 1. The minimum absolute atomic E-state index is 0.0453. The lowest BCUT2D eigenvalue weighted by Gasteiger charge is -2.14. The van der Waals surface area contributed by atoms with Crippen LogP contribution >= 0.6 is 0 Å². The van der Waals surface area contributed by atoms with Gasteiger partial charge < -0.3 is 10.4 Å². The second kappa shape index (κ2) is 5.96. The van der Waals surface area contributed by atoms with E-state index < -0.39 is 32.2 Å². The Bertz CT molecular complexity index is 570. The third-order valence-electron chi connectivity index (χ3n) is 2.42. The van der Waals surface area contributed by atoms with Gasteiger partial charge in [-0.1, -0.05) is 0 Å². The zero-order chi connectivity index (χ0) is 15.6. The van der Waals surface area contributed by atoms with E-state index in [0.29, 0.717) is 6.07 Å². The van der Waals surface area contributed by atoms with Crippen LogP contribution in [0.1, 0.15) is 13.3 Å². The van der Waals surface area contributed by atoms with Crippen molar-refractivity contribution in [1.29, 1.82) is 0 Å². The molecule has 0 fully saturated rings. The predicted octanol–water partition coefficient (Wildman–Crippen LogP) is 2.30. The molecule has 0 aliphatic rings. The van der Waals surface area contributed by atoms with Crippen molar-refractivity contribution < 1.29 is 31.1 Å². The van der Waals surface area contributed by atoms with Crippen LogP contribution in [0.25, 0.3) is 0 Å². The number of benzene rings is 1. The van der Waals surface area contributed by atoms with Gasteiger partial charge in [-0.3, -0.25) is 0 Å². The van der Waals surface area contributed by atoms with Crippen LogP contribution in [0.15, 0.2) is 23.1 Å². The molecule has 4 nitrogen and oxygen atoms in total. The Balaban J connectivity index is 3.15. The predicted molar refractivity (Wildman–Crippen MR) is 64.4 cm³/mol. The summed E-state index contributed by atoms with van der Waals surface area (Å²) in [7, 11) is -5.65. The lowest BCUT2D eigenvalue weighted by Crippen LogP contribution is -2.24. The van der Waals surface area contributed by atoms with Crippen LogP contribution in [-0.4, -0.2) is 31.7 Å². The molecule has 1 aromatic carbocycles. The monoisotopic (exact) mass is 315 g/mol. The van der Waals surface area contributed by atoms with Crippen LogP contribution in [0, 0.1) is 5.82 Å². The third-order valence-corrected chi connectivity index (χ3v) is 3.94. The fourth-order valence-electron chi connectivity index (χ4n) is 1.40. The van der Waals surface area contributed by atoms with Crippen LogP contribution in [0.4, 0.5) is 23.2 Å². The number of aliphatic hydroxyl groups is 1. The fraction of sp³-hybridized carbons (Fsp3) is 0.455. The molecular formula is C11H13F4NO3S. The number of rotatable bonds is 5. The van der Waals surface area contributed by atoms with E-state index in [-0.39, 0.29) is 18.7 Å². The molecular weight excluding hydrogens is 302 g/mol. The summed E-state index contributed by atoms with van der Waals surface area (Å²) in [4.78, 5) is -1.17. The molecule has 1 atom stereocenters. The molecule has 0 aromatic heterocycles. The van der Waals surface area contributed by atoms with E-state index in [0.717, 1.165) is 12.1 Å². The van der Waals surface area contributed by atoms with Gasteiger partial charge in [0, 0.05) is 6.54 Å². The average Bonchev–Trinajstić information content (AvgIpc) is 2.29. The highest BCUT2D eigenvalue weighted by atomic mass is 32.2. The number of hydrogen-bond acceptors (Lipinski definition) is 4. The van der Waals surface area contributed by atoms with Crippen molar-refractivity contribution in [2.75, 3.05) is 11.9 Å². The Morgan fingerprint density at radius 2 is 1.95 bits per heavy atom. The van der Waals surface area contributed by atoms with Gasteiger partial charge in [0.15, 0.2) is 0 Å². The maximum absolute atomic E-state index is 13.0. The first-order chi connectivity index (χ1) is 9.05. The van der Waals surface area contributed by atoms with Crippen LogP contribution in [0.5, 0.6) is 0 Å². The van der Waals surface area contributed by atoms with E-state index in [1.165, 1.54) is 6.92 Å². The van der Waals surface area contributed by atoms with Gasteiger partial charge in [0.2, 0.25) is 0 Å². The van der Waals surface area contributed by atoms with Gasteiger partial charge in [-0.2, -0.15) is 13.2 Å². The number of aliphatic hydroxyl groups excluding tert-OH is 1. The van der Waals surface area contributed by atoms with Crippen molar-refractivity contribution in [3.63, 3.8) is 0 Å². The van der Waals surface area contributed by atoms with Crippen molar-refractivity contribution in [2.24, 2.45) is 0 Å². The maximum atomic E-state index is 13.0. The van der Waals surface area contributed by atoms with E-state index in [4.69, 9.17) is 5.11 Å². The molecule has 2 N–H and O–H groups in total. The number of alkyl halides is 3. The largest absolute Gasteiger partial charge is 0.501 e.